The Morgan fingerprint density at radius 3 is 1.88 bits per heavy atom. The van der Waals surface area contributed by atoms with Crippen LogP contribution in [0.5, 0.6) is 11.5 Å². The summed E-state index contributed by atoms with van der Waals surface area (Å²) >= 11 is 0. The number of nitrogens with zero attached hydrogens (tertiary/aromatic N) is 4. The van der Waals surface area contributed by atoms with Crippen molar-refractivity contribution in [3.05, 3.63) is 204 Å². The molecule has 0 aliphatic carbocycles. The fourth-order valence-electron chi connectivity index (χ4n) is 9.52. The molecule has 0 saturated heterocycles. The minimum absolute atomic E-state index is 0.0559. The van der Waals surface area contributed by atoms with Crippen LogP contribution in [-0.2, 0) is 16.2 Å². The minimum Gasteiger partial charge on any atom is -0.457 e. The standard InChI is InChI=1S/C64H62N4O/c1-41-31-50(64(9,10)11)32-42(2)61(41)45-29-30-65-60(35-45)68-58-28-25-49(63(6,7)8)36-57(58)56-27-26-52(38-59(56)68)69-53-34-46(55-20-16-15-19-54(55)44-17-13-12-14-18-44)33-51(37-53)67-40-47(39-66-67)43-21-23-48(24-22-43)62(3,4)5/h12-40H,1-11H3/i1D3. The van der Waals surface area contributed by atoms with Crippen molar-refractivity contribution in [1.82, 2.24) is 19.3 Å². The molecule has 0 fully saturated rings. The number of aryl methyl sites for hydroxylation is 2. The molecule has 10 rings (SSSR count). The highest BCUT2D eigenvalue weighted by atomic mass is 16.5. The molecule has 0 aliphatic rings. The first kappa shape index (κ1) is 41.7. The van der Waals surface area contributed by atoms with Crippen molar-refractivity contribution in [2.45, 2.75) is 92.3 Å². The summed E-state index contributed by atoms with van der Waals surface area (Å²) in [5.41, 5.74) is 15.2. The summed E-state index contributed by atoms with van der Waals surface area (Å²) in [7, 11) is 0. The molecule has 0 spiro atoms. The van der Waals surface area contributed by atoms with Crippen molar-refractivity contribution in [3.8, 4) is 67.5 Å². The van der Waals surface area contributed by atoms with E-state index in [9.17, 15) is 0 Å². The summed E-state index contributed by atoms with van der Waals surface area (Å²) < 4.78 is 37.2. The van der Waals surface area contributed by atoms with E-state index in [0.29, 0.717) is 28.4 Å². The molecule has 0 saturated carbocycles. The van der Waals surface area contributed by atoms with Crippen LogP contribution in [0, 0.1) is 13.8 Å². The zero-order valence-corrected chi connectivity index (χ0v) is 41.4. The molecule has 0 amide bonds. The summed E-state index contributed by atoms with van der Waals surface area (Å²) in [4.78, 5) is 5.00. The predicted octanol–water partition coefficient (Wildman–Crippen LogP) is 17.3. The Morgan fingerprint density at radius 2 is 1.17 bits per heavy atom. The van der Waals surface area contributed by atoms with Gasteiger partial charge in [0.1, 0.15) is 17.3 Å². The molecule has 69 heavy (non-hydrogen) atoms. The molecule has 7 aromatic carbocycles. The maximum absolute atomic E-state index is 8.68. The quantitative estimate of drug-likeness (QED) is 0.153. The Labute approximate surface area is 412 Å². The van der Waals surface area contributed by atoms with E-state index in [2.05, 4.69) is 194 Å². The van der Waals surface area contributed by atoms with E-state index < -0.39 is 6.85 Å². The van der Waals surface area contributed by atoms with Gasteiger partial charge in [0.05, 0.1) is 22.9 Å². The number of pyridine rings is 1. The van der Waals surface area contributed by atoms with Gasteiger partial charge < -0.3 is 4.74 Å². The van der Waals surface area contributed by atoms with Crippen LogP contribution < -0.4 is 4.74 Å². The Balaban J connectivity index is 1.12. The molecule has 3 aromatic heterocycles. The topological polar surface area (TPSA) is 44.9 Å². The maximum Gasteiger partial charge on any atom is 0.138 e. The predicted molar refractivity (Wildman–Crippen MR) is 290 cm³/mol. The molecular formula is C64H62N4O. The van der Waals surface area contributed by atoms with Crippen LogP contribution in [0.3, 0.4) is 0 Å². The van der Waals surface area contributed by atoms with Gasteiger partial charge in [-0.1, -0.05) is 159 Å². The number of hydrogen-bond donors (Lipinski definition) is 0. The first-order valence-corrected chi connectivity index (χ1v) is 23.9. The average Bonchev–Trinajstić information content (AvgIpc) is 3.96. The highest BCUT2D eigenvalue weighted by molar-refractivity contribution is 6.10. The summed E-state index contributed by atoms with van der Waals surface area (Å²) in [6, 6.07) is 54.9. The Kier molecular flexibility index (Phi) is 10.4. The van der Waals surface area contributed by atoms with Crippen molar-refractivity contribution in [1.29, 1.82) is 0 Å². The average molecular weight is 906 g/mol. The van der Waals surface area contributed by atoms with Gasteiger partial charge in [0, 0.05) is 45.0 Å². The van der Waals surface area contributed by atoms with Crippen LogP contribution in [0.25, 0.3) is 77.8 Å². The smallest absolute Gasteiger partial charge is 0.138 e. The SMILES string of the molecule is [2H]C([2H])([2H])c1cc(C(C)(C)C)cc(C)c1-c1ccnc(-n2c3ccc(C(C)(C)C)cc3c3ccc(Oc4cc(-c5ccccc5-c5ccccc5)cc(-n5cc(-c6ccc(C(C)(C)C)cc6)cn5)c4)cc32)c1. The van der Waals surface area contributed by atoms with Gasteiger partial charge in [-0.15, -0.1) is 0 Å². The summed E-state index contributed by atoms with van der Waals surface area (Å²) in [6.07, 6.45) is 5.79. The van der Waals surface area contributed by atoms with Crippen LogP contribution in [0.1, 0.15) is 94.2 Å². The largest absolute Gasteiger partial charge is 0.457 e. The maximum atomic E-state index is 8.68. The molecule has 0 atom stereocenters. The monoisotopic (exact) mass is 906 g/mol. The third kappa shape index (κ3) is 8.90. The molecule has 0 bridgehead atoms. The molecule has 3 heterocycles. The van der Waals surface area contributed by atoms with Crippen molar-refractivity contribution < 1.29 is 8.85 Å². The lowest BCUT2D eigenvalue weighted by atomic mass is 9.83. The minimum atomic E-state index is -2.33. The zero-order chi connectivity index (χ0) is 50.9. The van der Waals surface area contributed by atoms with Crippen LogP contribution in [0.2, 0.25) is 0 Å². The normalized spacial score (nSPS) is 13.1. The second-order valence-corrected chi connectivity index (χ2v) is 21.6. The van der Waals surface area contributed by atoms with E-state index in [1.807, 2.05) is 54.2 Å². The molecule has 5 nitrogen and oxygen atoms in total. The van der Waals surface area contributed by atoms with Gasteiger partial charge in [-0.3, -0.25) is 4.57 Å². The number of hydrogen-bond acceptors (Lipinski definition) is 3. The lowest BCUT2D eigenvalue weighted by molar-refractivity contribution is 0.483. The Hall–Kier alpha value is -7.50. The number of rotatable bonds is 8. The lowest BCUT2D eigenvalue weighted by Gasteiger charge is -2.22. The van der Waals surface area contributed by atoms with E-state index in [4.69, 9.17) is 18.9 Å². The van der Waals surface area contributed by atoms with Gasteiger partial charge in [-0.25, -0.2) is 9.67 Å². The van der Waals surface area contributed by atoms with Gasteiger partial charge in [0.2, 0.25) is 0 Å². The zero-order valence-electron chi connectivity index (χ0n) is 44.4. The summed E-state index contributed by atoms with van der Waals surface area (Å²) in [5.74, 6) is 1.98. The molecular weight excluding hydrogens is 841 g/mol. The fraction of sp³-hybridized carbons (Fsp3) is 0.219. The van der Waals surface area contributed by atoms with Gasteiger partial charge >= 0.3 is 0 Å². The van der Waals surface area contributed by atoms with Crippen molar-refractivity contribution in [2.75, 3.05) is 0 Å². The molecule has 0 unspecified atom stereocenters. The summed E-state index contributed by atoms with van der Waals surface area (Å²) in [5, 5.41) is 7.06. The van der Waals surface area contributed by atoms with Crippen molar-refractivity contribution >= 4 is 21.8 Å². The third-order valence-electron chi connectivity index (χ3n) is 13.4. The summed E-state index contributed by atoms with van der Waals surface area (Å²) in [6.45, 7) is 19.4. The third-order valence-corrected chi connectivity index (χ3v) is 13.4. The van der Waals surface area contributed by atoms with Crippen LogP contribution in [-0.4, -0.2) is 19.3 Å². The van der Waals surface area contributed by atoms with Gasteiger partial charge in [-0.2, -0.15) is 5.10 Å². The Bertz CT molecular complexity index is 3650. The number of ether oxygens (including phenoxy) is 1. The number of benzene rings is 7. The van der Waals surface area contributed by atoms with Gasteiger partial charge in [0.15, 0.2) is 0 Å². The first-order valence-electron chi connectivity index (χ1n) is 25.4. The Morgan fingerprint density at radius 1 is 0.493 bits per heavy atom. The van der Waals surface area contributed by atoms with E-state index in [-0.39, 0.29) is 16.2 Å². The molecule has 0 radical (unpaired) electrons. The molecule has 10 aromatic rings. The van der Waals surface area contributed by atoms with E-state index in [1.165, 1.54) is 11.1 Å². The van der Waals surface area contributed by atoms with Gasteiger partial charge in [0.25, 0.3) is 0 Å². The molecule has 5 heteroatoms. The fourth-order valence-corrected chi connectivity index (χ4v) is 9.52. The highest BCUT2D eigenvalue weighted by Crippen LogP contribution is 2.41. The van der Waals surface area contributed by atoms with E-state index in [1.54, 1.807) is 6.20 Å². The number of aromatic nitrogens is 4. The van der Waals surface area contributed by atoms with Crippen molar-refractivity contribution in [3.63, 3.8) is 0 Å². The van der Waals surface area contributed by atoms with Gasteiger partial charge in [-0.05, 0) is 145 Å². The van der Waals surface area contributed by atoms with Crippen molar-refractivity contribution in [2.24, 2.45) is 0 Å². The van der Waals surface area contributed by atoms with Crippen LogP contribution in [0.15, 0.2) is 176 Å². The molecule has 344 valence electrons. The highest BCUT2D eigenvalue weighted by Gasteiger charge is 2.22. The molecule has 0 N–H and O–H groups in total. The number of fused-ring (bicyclic) bond motifs is 3. The first-order chi connectivity index (χ1) is 34.1. The molecule has 0 aliphatic heterocycles. The second-order valence-electron chi connectivity index (χ2n) is 21.6. The van der Waals surface area contributed by atoms with Crippen LogP contribution >= 0.6 is 0 Å². The van der Waals surface area contributed by atoms with Crippen LogP contribution in [0.4, 0.5) is 0 Å². The second kappa shape index (κ2) is 17.2. The van der Waals surface area contributed by atoms with E-state index >= 15 is 0 Å². The van der Waals surface area contributed by atoms with E-state index in [0.717, 1.165) is 77.6 Å². The lowest BCUT2D eigenvalue weighted by Crippen LogP contribution is -2.12.